The molecule has 2 saturated heterocycles. The van der Waals surface area contributed by atoms with Crippen LogP contribution in [-0.4, -0.2) is 46.2 Å². The number of nitrogens with zero attached hydrogens (tertiary/aromatic N) is 2. The third kappa shape index (κ3) is 2.74. The lowest BCUT2D eigenvalue weighted by molar-refractivity contribution is 0.0749. The molecule has 0 saturated carbocycles. The van der Waals surface area contributed by atoms with Crippen LogP contribution in [0.1, 0.15) is 29.6 Å². The molecule has 6 heteroatoms. The molecule has 2 fully saturated rings. The Labute approximate surface area is 133 Å². The first-order valence-electron chi connectivity index (χ1n) is 8.05. The van der Waals surface area contributed by atoms with Crippen LogP contribution in [0.2, 0.25) is 0 Å². The quantitative estimate of drug-likeness (QED) is 0.893. The summed E-state index contributed by atoms with van der Waals surface area (Å²) >= 11 is 0. The molecule has 2 unspecified atom stereocenters. The SMILES string of the molecule is O=C(c1cn[nH]c1-c1ccc(F)cc1)N1CCC2CCC(C1)N2. The average molecular weight is 314 g/mol. The van der Waals surface area contributed by atoms with Gasteiger partial charge in [-0.3, -0.25) is 9.89 Å². The number of benzene rings is 1. The van der Waals surface area contributed by atoms with E-state index in [2.05, 4.69) is 15.5 Å². The second-order valence-corrected chi connectivity index (χ2v) is 6.34. The summed E-state index contributed by atoms with van der Waals surface area (Å²) in [6.45, 7) is 1.50. The molecular weight excluding hydrogens is 295 g/mol. The van der Waals surface area contributed by atoms with Gasteiger partial charge >= 0.3 is 0 Å². The smallest absolute Gasteiger partial charge is 0.257 e. The van der Waals surface area contributed by atoms with Crippen LogP contribution in [0.15, 0.2) is 30.5 Å². The molecule has 2 aliphatic rings. The molecule has 2 atom stereocenters. The standard InChI is InChI=1S/C17H19FN4O/c18-12-3-1-11(2-4-12)16-15(9-19-21-16)17(23)22-8-7-13-5-6-14(10-22)20-13/h1-4,9,13-14,20H,5-8,10H2,(H,19,21). The molecule has 2 aliphatic heterocycles. The third-order valence-corrected chi connectivity index (χ3v) is 4.81. The molecule has 2 bridgehead atoms. The Morgan fingerprint density at radius 1 is 1.17 bits per heavy atom. The lowest BCUT2D eigenvalue weighted by atomic mass is 10.1. The fourth-order valence-corrected chi connectivity index (χ4v) is 3.58. The van der Waals surface area contributed by atoms with E-state index in [1.165, 1.54) is 18.6 Å². The second kappa shape index (κ2) is 5.77. The monoisotopic (exact) mass is 314 g/mol. The summed E-state index contributed by atoms with van der Waals surface area (Å²) in [7, 11) is 0. The number of likely N-dealkylation sites (tertiary alicyclic amines) is 1. The van der Waals surface area contributed by atoms with Gasteiger partial charge in [-0.2, -0.15) is 5.10 Å². The van der Waals surface area contributed by atoms with Crippen molar-refractivity contribution in [2.75, 3.05) is 13.1 Å². The molecule has 0 spiro atoms. The topological polar surface area (TPSA) is 61.0 Å². The number of hydrogen-bond acceptors (Lipinski definition) is 3. The van der Waals surface area contributed by atoms with Crippen LogP contribution in [0.4, 0.5) is 4.39 Å². The first kappa shape index (κ1) is 14.4. The molecular formula is C17H19FN4O. The molecule has 4 rings (SSSR count). The Bertz CT molecular complexity index is 712. The lowest BCUT2D eigenvalue weighted by Gasteiger charge is -2.24. The normalized spacial score (nSPS) is 23.8. The van der Waals surface area contributed by atoms with Gasteiger partial charge < -0.3 is 10.2 Å². The highest BCUT2D eigenvalue weighted by molar-refractivity contribution is 5.99. The van der Waals surface area contributed by atoms with Gasteiger partial charge in [0.25, 0.3) is 5.91 Å². The Morgan fingerprint density at radius 2 is 1.96 bits per heavy atom. The van der Waals surface area contributed by atoms with Crippen molar-refractivity contribution >= 4 is 5.91 Å². The molecule has 0 aliphatic carbocycles. The van der Waals surface area contributed by atoms with Crippen molar-refractivity contribution in [2.24, 2.45) is 0 Å². The Morgan fingerprint density at radius 3 is 2.78 bits per heavy atom. The largest absolute Gasteiger partial charge is 0.337 e. The zero-order valence-electron chi connectivity index (χ0n) is 12.8. The van der Waals surface area contributed by atoms with Crippen LogP contribution < -0.4 is 5.32 Å². The Hall–Kier alpha value is -2.21. The van der Waals surface area contributed by atoms with E-state index >= 15 is 0 Å². The fraction of sp³-hybridized carbons (Fsp3) is 0.412. The minimum Gasteiger partial charge on any atom is -0.337 e. The fourth-order valence-electron chi connectivity index (χ4n) is 3.58. The molecule has 23 heavy (non-hydrogen) atoms. The van der Waals surface area contributed by atoms with Crippen molar-refractivity contribution in [3.63, 3.8) is 0 Å². The molecule has 120 valence electrons. The number of amides is 1. The van der Waals surface area contributed by atoms with E-state index in [0.29, 0.717) is 23.3 Å². The van der Waals surface area contributed by atoms with Gasteiger partial charge in [0, 0.05) is 30.7 Å². The van der Waals surface area contributed by atoms with Gasteiger partial charge in [-0.05, 0) is 43.5 Å². The first-order chi connectivity index (χ1) is 11.2. The van der Waals surface area contributed by atoms with Crippen LogP contribution in [0.5, 0.6) is 0 Å². The number of aromatic amines is 1. The predicted octanol–water partition coefficient (Wildman–Crippen LogP) is 2.18. The van der Waals surface area contributed by atoms with Gasteiger partial charge in [-0.15, -0.1) is 0 Å². The van der Waals surface area contributed by atoms with Crippen molar-refractivity contribution in [3.8, 4) is 11.3 Å². The number of fused-ring (bicyclic) bond motifs is 2. The summed E-state index contributed by atoms with van der Waals surface area (Å²) in [5, 5.41) is 10.5. The maximum atomic E-state index is 13.1. The van der Waals surface area contributed by atoms with Crippen LogP contribution in [0.25, 0.3) is 11.3 Å². The average Bonchev–Trinajstić information content (AvgIpc) is 3.14. The van der Waals surface area contributed by atoms with Gasteiger partial charge in [0.05, 0.1) is 17.5 Å². The van der Waals surface area contributed by atoms with Gasteiger partial charge in [-0.1, -0.05) is 0 Å². The zero-order chi connectivity index (χ0) is 15.8. The van der Waals surface area contributed by atoms with Crippen molar-refractivity contribution in [1.29, 1.82) is 0 Å². The van der Waals surface area contributed by atoms with E-state index in [0.717, 1.165) is 31.5 Å². The van der Waals surface area contributed by atoms with Gasteiger partial charge in [0.2, 0.25) is 0 Å². The van der Waals surface area contributed by atoms with E-state index in [-0.39, 0.29) is 11.7 Å². The summed E-state index contributed by atoms with van der Waals surface area (Å²) in [5.74, 6) is -0.303. The van der Waals surface area contributed by atoms with Crippen LogP contribution in [0.3, 0.4) is 0 Å². The minimum atomic E-state index is -0.296. The van der Waals surface area contributed by atoms with E-state index in [9.17, 15) is 9.18 Å². The molecule has 0 radical (unpaired) electrons. The molecule has 3 heterocycles. The summed E-state index contributed by atoms with van der Waals surface area (Å²) in [6, 6.07) is 7.03. The molecule has 1 aromatic heterocycles. The van der Waals surface area contributed by atoms with E-state index < -0.39 is 0 Å². The molecule has 2 N–H and O–H groups in total. The van der Waals surface area contributed by atoms with E-state index in [4.69, 9.17) is 0 Å². The highest BCUT2D eigenvalue weighted by Crippen LogP contribution is 2.25. The van der Waals surface area contributed by atoms with E-state index in [1.807, 2.05) is 4.90 Å². The van der Waals surface area contributed by atoms with Gasteiger partial charge in [0.1, 0.15) is 5.82 Å². The molecule has 5 nitrogen and oxygen atoms in total. The third-order valence-electron chi connectivity index (χ3n) is 4.81. The van der Waals surface area contributed by atoms with Crippen LogP contribution in [-0.2, 0) is 0 Å². The number of rotatable bonds is 2. The first-order valence-corrected chi connectivity index (χ1v) is 8.05. The minimum absolute atomic E-state index is 0.00701. The number of carbonyl (C=O) groups excluding carboxylic acids is 1. The highest BCUT2D eigenvalue weighted by atomic mass is 19.1. The van der Waals surface area contributed by atoms with Crippen molar-refractivity contribution in [2.45, 2.75) is 31.3 Å². The van der Waals surface area contributed by atoms with Crippen molar-refractivity contribution in [1.82, 2.24) is 20.4 Å². The number of carbonyl (C=O) groups is 1. The lowest BCUT2D eigenvalue weighted by Crippen LogP contribution is -2.39. The highest BCUT2D eigenvalue weighted by Gasteiger charge is 2.32. The molecule has 1 amide bonds. The number of aromatic nitrogens is 2. The Kier molecular flexibility index (Phi) is 3.61. The Balaban J connectivity index is 1.59. The molecule has 1 aromatic carbocycles. The summed E-state index contributed by atoms with van der Waals surface area (Å²) in [5.41, 5.74) is 1.97. The summed E-state index contributed by atoms with van der Waals surface area (Å²) < 4.78 is 13.1. The van der Waals surface area contributed by atoms with Gasteiger partial charge in [-0.25, -0.2) is 4.39 Å². The number of nitrogens with one attached hydrogen (secondary N) is 2. The number of hydrogen-bond donors (Lipinski definition) is 2. The van der Waals surface area contributed by atoms with E-state index in [1.54, 1.807) is 18.3 Å². The summed E-state index contributed by atoms with van der Waals surface area (Å²) in [4.78, 5) is 14.8. The maximum Gasteiger partial charge on any atom is 0.257 e. The zero-order valence-corrected chi connectivity index (χ0v) is 12.8. The van der Waals surface area contributed by atoms with Crippen LogP contribution >= 0.6 is 0 Å². The second-order valence-electron chi connectivity index (χ2n) is 6.34. The van der Waals surface area contributed by atoms with Gasteiger partial charge in [0.15, 0.2) is 0 Å². The summed E-state index contributed by atoms with van der Waals surface area (Å²) in [6.07, 6.45) is 4.90. The maximum absolute atomic E-state index is 13.1. The van der Waals surface area contributed by atoms with Crippen molar-refractivity contribution in [3.05, 3.63) is 41.8 Å². The van der Waals surface area contributed by atoms with Crippen LogP contribution in [0, 0.1) is 5.82 Å². The number of H-pyrrole nitrogens is 1. The molecule has 2 aromatic rings. The van der Waals surface area contributed by atoms with Crippen molar-refractivity contribution < 1.29 is 9.18 Å². The predicted molar refractivity (Wildman–Crippen MR) is 84.4 cm³/mol. The number of halogens is 1.